The van der Waals surface area contributed by atoms with E-state index < -0.39 is 0 Å². The number of rotatable bonds is 4. The minimum Gasteiger partial charge on any atom is -0.384 e. The van der Waals surface area contributed by atoms with Crippen LogP contribution in [0.3, 0.4) is 0 Å². The van der Waals surface area contributed by atoms with Crippen molar-refractivity contribution in [2.24, 2.45) is 0 Å². The Hall–Kier alpha value is -1.33. The summed E-state index contributed by atoms with van der Waals surface area (Å²) in [7, 11) is 0. The van der Waals surface area contributed by atoms with Gasteiger partial charge in [-0.2, -0.15) is 0 Å². The molecular weight excluding hydrogens is 276 g/mol. The highest BCUT2D eigenvalue weighted by Gasteiger charge is 2.17. The fourth-order valence-corrected chi connectivity index (χ4v) is 2.69. The minimum atomic E-state index is -0.162. The molecule has 20 heavy (non-hydrogen) atoms. The maximum Gasteiger partial charge on any atom is 0.251 e. The Morgan fingerprint density at radius 3 is 2.80 bits per heavy atom. The fourth-order valence-electron chi connectivity index (χ4n) is 2.48. The van der Waals surface area contributed by atoms with Crippen LogP contribution in [0.15, 0.2) is 12.1 Å². The van der Waals surface area contributed by atoms with E-state index in [0.29, 0.717) is 18.2 Å². The molecule has 3 N–H and O–H groups in total. The zero-order valence-electron chi connectivity index (χ0n) is 11.7. The summed E-state index contributed by atoms with van der Waals surface area (Å²) in [6.45, 7) is 4.99. The molecule has 2 heterocycles. The van der Waals surface area contributed by atoms with Gasteiger partial charge >= 0.3 is 0 Å². The molecule has 1 aliphatic rings. The van der Waals surface area contributed by atoms with Crippen molar-refractivity contribution in [1.29, 1.82) is 0 Å². The number of aromatic nitrogens is 1. The third-order valence-corrected chi connectivity index (χ3v) is 3.84. The molecule has 0 radical (unpaired) electrons. The van der Waals surface area contributed by atoms with Crippen LogP contribution in [0.5, 0.6) is 0 Å². The standard InChI is InChI=1S/C14H21ClN4O/c1-10(19-5-3-2-4-6-19)9-17-14(20)11-7-12(15)18-13(16)8-11/h7-8,10H,2-6,9H2,1H3,(H2,16,18)(H,17,20). The number of nitrogens with two attached hydrogens (primary N) is 1. The summed E-state index contributed by atoms with van der Waals surface area (Å²) in [5.74, 6) is 0.0941. The molecule has 0 saturated carbocycles. The molecule has 1 amide bonds. The first-order chi connectivity index (χ1) is 9.56. The highest BCUT2D eigenvalue weighted by Crippen LogP contribution is 2.13. The van der Waals surface area contributed by atoms with E-state index in [9.17, 15) is 4.79 Å². The molecule has 1 fully saturated rings. The third kappa shape index (κ3) is 4.08. The van der Waals surface area contributed by atoms with Gasteiger partial charge in [0.05, 0.1) is 0 Å². The largest absolute Gasteiger partial charge is 0.384 e. The normalized spacial score (nSPS) is 17.7. The molecule has 1 atom stereocenters. The van der Waals surface area contributed by atoms with Crippen LogP contribution in [-0.4, -0.2) is 41.5 Å². The zero-order chi connectivity index (χ0) is 14.5. The first-order valence-corrected chi connectivity index (χ1v) is 7.39. The lowest BCUT2D eigenvalue weighted by Gasteiger charge is -2.32. The van der Waals surface area contributed by atoms with Gasteiger partial charge in [0.2, 0.25) is 0 Å². The molecule has 0 aromatic carbocycles. The summed E-state index contributed by atoms with van der Waals surface area (Å²) in [4.78, 5) is 18.3. The van der Waals surface area contributed by atoms with Crippen LogP contribution in [0, 0.1) is 0 Å². The van der Waals surface area contributed by atoms with Crippen molar-refractivity contribution in [3.63, 3.8) is 0 Å². The molecule has 1 aromatic heterocycles. The lowest BCUT2D eigenvalue weighted by molar-refractivity contribution is 0.0930. The van der Waals surface area contributed by atoms with Crippen molar-refractivity contribution in [2.45, 2.75) is 32.2 Å². The van der Waals surface area contributed by atoms with E-state index in [0.717, 1.165) is 13.1 Å². The molecular formula is C14H21ClN4O. The number of likely N-dealkylation sites (tertiary alicyclic amines) is 1. The average Bonchev–Trinajstić information content (AvgIpc) is 2.44. The number of nitrogens with one attached hydrogen (secondary N) is 1. The van der Waals surface area contributed by atoms with E-state index in [4.69, 9.17) is 17.3 Å². The van der Waals surface area contributed by atoms with E-state index in [1.165, 1.54) is 31.4 Å². The number of amides is 1. The number of piperidine rings is 1. The number of nitrogen functional groups attached to an aromatic ring is 1. The van der Waals surface area contributed by atoms with Gasteiger partial charge in [-0.3, -0.25) is 9.69 Å². The number of carbonyl (C=O) groups excluding carboxylic acids is 1. The first-order valence-electron chi connectivity index (χ1n) is 7.01. The van der Waals surface area contributed by atoms with Gasteiger partial charge in [-0.05, 0) is 45.0 Å². The lowest BCUT2D eigenvalue weighted by atomic mass is 10.1. The van der Waals surface area contributed by atoms with Crippen LogP contribution in [0.2, 0.25) is 5.15 Å². The van der Waals surface area contributed by atoms with E-state index in [2.05, 4.69) is 22.1 Å². The predicted octanol–water partition coefficient (Wildman–Crippen LogP) is 1.92. The van der Waals surface area contributed by atoms with Crippen molar-refractivity contribution < 1.29 is 4.79 Å². The van der Waals surface area contributed by atoms with Crippen LogP contribution in [-0.2, 0) is 0 Å². The number of nitrogens with zero attached hydrogens (tertiary/aromatic N) is 2. The van der Waals surface area contributed by atoms with Gasteiger partial charge in [0.15, 0.2) is 0 Å². The van der Waals surface area contributed by atoms with Gasteiger partial charge in [0, 0.05) is 18.2 Å². The summed E-state index contributed by atoms with van der Waals surface area (Å²) in [5.41, 5.74) is 6.04. The number of halogens is 1. The number of anilines is 1. The second kappa shape index (κ2) is 6.90. The molecule has 6 heteroatoms. The summed E-state index contributed by atoms with van der Waals surface area (Å²) < 4.78 is 0. The SMILES string of the molecule is CC(CNC(=O)c1cc(N)nc(Cl)c1)N1CCCCC1. The average molecular weight is 297 g/mol. The van der Waals surface area contributed by atoms with Crippen LogP contribution in [0.1, 0.15) is 36.5 Å². The van der Waals surface area contributed by atoms with Crippen molar-refractivity contribution in [3.8, 4) is 0 Å². The van der Waals surface area contributed by atoms with Gasteiger partial charge < -0.3 is 11.1 Å². The number of hydrogen-bond acceptors (Lipinski definition) is 4. The third-order valence-electron chi connectivity index (χ3n) is 3.65. The molecule has 5 nitrogen and oxygen atoms in total. The Morgan fingerprint density at radius 2 is 2.15 bits per heavy atom. The maximum atomic E-state index is 12.1. The van der Waals surface area contributed by atoms with E-state index >= 15 is 0 Å². The van der Waals surface area contributed by atoms with Gasteiger partial charge in [-0.15, -0.1) is 0 Å². The Bertz CT molecular complexity index is 454. The van der Waals surface area contributed by atoms with Crippen LogP contribution >= 0.6 is 11.6 Å². The second-order valence-corrected chi connectivity index (χ2v) is 5.65. The van der Waals surface area contributed by atoms with Crippen molar-refractivity contribution in [3.05, 3.63) is 22.8 Å². The first kappa shape index (κ1) is 15.1. The summed E-state index contributed by atoms with van der Waals surface area (Å²) >= 11 is 5.80. The molecule has 0 spiro atoms. The van der Waals surface area contributed by atoms with Gasteiger partial charge in [0.25, 0.3) is 5.91 Å². The molecule has 2 rings (SSSR count). The molecule has 1 aliphatic heterocycles. The zero-order valence-corrected chi connectivity index (χ0v) is 12.5. The number of hydrogen-bond donors (Lipinski definition) is 2. The van der Waals surface area contributed by atoms with Crippen LogP contribution in [0.4, 0.5) is 5.82 Å². The van der Waals surface area contributed by atoms with Crippen molar-refractivity contribution in [1.82, 2.24) is 15.2 Å². The predicted molar refractivity (Wildman–Crippen MR) is 80.9 cm³/mol. The van der Waals surface area contributed by atoms with E-state index in [-0.39, 0.29) is 16.9 Å². The summed E-state index contributed by atoms with van der Waals surface area (Å²) in [5, 5.41) is 3.16. The van der Waals surface area contributed by atoms with Gasteiger partial charge in [0.1, 0.15) is 11.0 Å². The maximum absolute atomic E-state index is 12.1. The monoisotopic (exact) mass is 296 g/mol. The number of pyridine rings is 1. The van der Waals surface area contributed by atoms with Crippen molar-refractivity contribution >= 4 is 23.3 Å². The number of carbonyl (C=O) groups is 1. The van der Waals surface area contributed by atoms with E-state index in [1.54, 1.807) is 0 Å². The van der Waals surface area contributed by atoms with Gasteiger partial charge in [-0.1, -0.05) is 18.0 Å². The Balaban J connectivity index is 1.87. The Labute approximate surface area is 124 Å². The van der Waals surface area contributed by atoms with Crippen LogP contribution < -0.4 is 11.1 Å². The summed E-state index contributed by atoms with van der Waals surface area (Å²) in [6, 6.07) is 3.40. The van der Waals surface area contributed by atoms with Crippen molar-refractivity contribution in [2.75, 3.05) is 25.4 Å². The molecule has 1 aromatic rings. The molecule has 0 aliphatic carbocycles. The van der Waals surface area contributed by atoms with Gasteiger partial charge in [-0.25, -0.2) is 4.98 Å². The van der Waals surface area contributed by atoms with E-state index in [1.807, 2.05) is 0 Å². The minimum absolute atomic E-state index is 0.162. The molecule has 110 valence electrons. The lowest BCUT2D eigenvalue weighted by Crippen LogP contribution is -2.44. The fraction of sp³-hybridized carbons (Fsp3) is 0.571. The second-order valence-electron chi connectivity index (χ2n) is 5.26. The Kier molecular flexibility index (Phi) is 5.20. The Morgan fingerprint density at radius 1 is 1.45 bits per heavy atom. The smallest absolute Gasteiger partial charge is 0.251 e. The summed E-state index contributed by atoms with van der Waals surface area (Å²) in [6.07, 6.45) is 3.80. The topological polar surface area (TPSA) is 71.2 Å². The molecule has 0 bridgehead atoms. The quantitative estimate of drug-likeness (QED) is 0.833. The van der Waals surface area contributed by atoms with Crippen LogP contribution in [0.25, 0.3) is 0 Å². The molecule has 1 saturated heterocycles. The molecule has 1 unspecified atom stereocenters. The highest BCUT2D eigenvalue weighted by atomic mass is 35.5. The highest BCUT2D eigenvalue weighted by molar-refractivity contribution is 6.29.